The molecular formula is C9H10N2O4. The first-order chi connectivity index (χ1) is 7.15. The Kier molecular flexibility index (Phi) is 3.64. The average Bonchev–Trinajstić information content (AvgIpc) is 2.17. The third-order valence-electron chi connectivity index (χ3n) is 1.64. The Morgan fingerprint density at radius 1 is 1.60 bits per heavy atom. The van der Waals surface area contributed by atoms with E-state index in [1.807, 2.05) is 0 Å². The number of benzene rings is 1. The highest BCUT2D eigenvalue weighted by molar-refractivity contribution is 5.67. The zero-order valence-electron chi connectivity index (χ0n) is 8.01. The lowest BCUT2D eigenvalue weighted by Crippen LogP contribution is -2.11. The first-order valence-electron chi connectivity index (χ1n) is 4.08. The van der Waals surface area contributed by atoms with Crippen LogP contribution in [0.15, 0.2) is 30.5 Å². The molecule has 0 saturated heterocycles. The molecule has 1 aromatic rings. The number of phenols is 1. The molecule has 1 aromatic carbocycles. The molecule has 0 unspecified atom stereocenters. The van der Waals surface area contributed by atoms with Crippen molar-refractivity contribution in [2.75, 3.05) is 7.11 Å². The fraction of sp³-hybridized carbons (Fsp3) is 0.111. The van der Waals surface area contributed by atoms with Gasteiger partial charge in [-0.3, -0.25) is 20.4 Å². The van der Waals surface area contributed by atoms with Crippen molar-refractivity contribution in [2.24, 2.45) is 0 Å². The van der Waals surface area contributed by atoms with E-state index >= 15 is 0 Å². The number of nitrogens with one attached hydrogen (secondary N) is 1. The van der Waals surface area contributed by atoms with E-state index in [0.29, 0.717) is 5.56 Å². The minimum atomic E-state index is -0.631. The zero-order chi connectivity index (χ0) is 11.3. The molecule has 0 aliphatic carbocycles. The molecule has 1 rings (SSSR count). The van der Waals surface area contributed by atoms with E-state index in [0.717, 1.165) is 6.20 Å². The molecule has 0 saturated carbocycles. The van der Waals surface area contributed by atoms with Crippen molar-refractivity contribution >= 4 is 5.70 Å². The molecule has 0 aliphatic heterocycles. The van der Waals surface area contributed by atoms with Crippen LogP contribution in [0, 0.1) is 10.1 Å². The van der Waals surface area contributed by atoms with Crippen LogP contribution in [0.5, 0.6) is 5.75 Å². The van der Waals surface area contributed by atoms with Crippen molar-refractivity contribution in [3.8, 4) is 5.75 Å². The second-order valence-corrected chi connectivity index (χ2v) is 2.65. The minimum Gasteiger partial charge on any atom is -0.507 e. The van der Waals surface area contributed by atoms with E-state index in [-0.39, 0.29) is 11.4 Å². The Labute approximate surface area is 85.9 Å². The molecule has 0 radical (unpaired) electrons. The number of aromatic hydroxyl groups is 1. The average molecular weight is 210 g/mol. The van der Waals surface area contributed by atoms with Gasteiger partial charge < -0.3 is 5.11 Å². The van der Waals surface area contributed by atoms with Crippen LogP contribution in [0.2, 0.25) is 0 Å². The van der Waals surface area contributed by atoms with Gasteiger partial charge in [0.05, 0.1) is 12.0 Å². The second kappa shape index (κ2) is 4.97. The summed E-state index contributed by atoms with van der Waals surface area (Å²) in [5, 5.41) is 19.8. The number of rotatable bonds is 4. The third kappa shape index (κ3) is 2.96. The van der Waals surface area contributed by atoms with Crippen LogP contribution in [0.3, 0.4) is 0 Å². The van der Waals surface area contributed by atoms with Gasteiger partial charge >= 0.3 is 0 Å². The van der Waals surface area contributed by atoms with Crippen LogP contribution in [0.1, 0.15) is 5.56 Å². The summed E-state index contributed by atoms with van der Waals surface area (Å²) in [5.74, 6) is -0.0600. The summed E-state index contributed by atoms with van der Waals surface area (Å²) in [4.78, 5) is 14.3. The van der Waals surface area contributed by atoms with Crippen molar-refractivity contribution in [2.45, 2.75) is 0 Å². The largest absolute Gasteiger partial charge is 0.507 e. The predicted octanol–water partition coefficient (Wildman–Crippen LogP) is 1.12. The van der Waals surface area contributed by atoms with Gasteiger partial charge in [0.2, 0.25) is 0 Å². The smallest absolute Gasteiger partial charge is 0.260 e. The van der Waals surface area contributed by atoms with Gasteiger partial charge in [-0.05, 0) is 12.1 Å². The maximum absolute atomic E-state index is 10.3. The first-order valence-corrected chi connectivity index (χ1v) is 4.08. The molecule has 0 bridgehead atoms. The van der Waals surface area contributed by atoms with E-state index in [4.69, 9.17) is 0 Å². The molecule has 0 atom stereocenters. The minimum absolute atomic E-state index is 0.0600. The van der Waals surface area contributed by atoms with Crippen LogP contribution < -0.4 is 5.48 Å². The molecule has 0 fully saturated rings. The van der Waals surface area contributed by atoms with Gasteiger partial charge in [0.15, 0.2) is 0 Å². The standard InChI is InChI=1S/C9H10N2O4/c1-15-10-8(6-11(13)14)7-4-2-3-5-9(7)12/h2-6,10,12H,1H3. The summed E-state index contributed by atoms with van der Waals surface area (Å²) < 4.78 is 0. The van der Waals surface area contributed by atoms with Gasteiger partial charge in [-0.1, -0.05) is 12.1 Å². The lowest BCUT2D eigenvalue weighted by Gasteiger charge is -2.07. The van der Waals surface area contributed by atoms with Crippen molar-refractivity contribution < 1.29 is 14.9 Å². The zero-order valence-corrected chi connectivity index (χ0v) is 8.01. The van der Waals surface area contributed by atoms with Crippen molar-refractivity contribution in [3.63, 3.8) is 0 Å². The number of para-hydroxylation sites is 1. The molecule has 0 spiro atoms. The van der Waals surface area contributed by atoms with Crippen LogP contribution in [-0.2, 0) is 4.84 Å². The molecule has 0 heterocycles. The highest BCUT2D eigenvalue weighted by Crippen LogP contribution is 2.22. The fourth-order valence-corrected chi connectivity index (χ4v) is 1.07. The molecule has 0 aromatic heterocycles. The number of nitro groups is 1. The normalized spacial score (nSPS) is 11.1. The quantitative estimate of drug-likeness (QED) is 0.574. The fourth-order valence-electron chi connectivity index (χ4n) is 1.07. The van der Waals surface area contributed by atoms with Crippen molar-refractivity contribution in [1.29, 1.82) is 0 Å². The van der Waals surface area contributed by atoms with E-state index in [2.05, 4.69) is 10.3 Å². The summed E-state index contributed by atoms with van der Waals surface area (Å²) in [6.07, 6.45) is 0.721. The maximum atomic E-state index is 10.3. The Balaban J connectivity index is 3.10. The molecule has 2 N–H and O–H groups in total. The number of hydroxylamine groups is 1. The van der Waals surface area contributed by atoms with Gasteiger partial charge in [-0.2, -0.15) is 0 Å². The third-order valence-corrected chi connectivity index (χ3v) is 1.64. The Morgan fingerprint density at radius 3 is 2.80 bits per heavy atom. The molecule has 15 heavy (non-hydrogen) atoms. The number of hydrogen-bond donors (Lipinski definition) is 2. The Bertz CT molecular complexity index is 389. The summed E-state index contributed by atoms with van der Waals surface area (Å²) >= 11 is 0. The molecular weight excluding hydrogens is 200 g/mol. The van der Waals surface area contributed by atoms with Gasteiger partial charge in [0.25, 0.3) is 6.20 Å². The molecule has 80 valence electrons. The van der Waals surface area contributed by atoms with Gasteiger partial charge in [0, 0.05) is 5.56 Å². The van der Waals surface area contributed by atoms with Crippen LogP contribution >= 0.6 is 0 Å². The Hall–Kier alpha value is -2.08. The topological polar surface area (TPSA) is 84.6 Å². The van der Waals surface area contributed by atoms with Crippen LogP contribution in [-0.4, -0.2) is 17.1 Å². The lowest BCUT2D eigenvalue weighted by atomic mass is 10.1. The second-order valence-electron chi connectivity index (χ2n) is 2.65. The summed E-state index contributed by atoms with van der Waals surface area (Å²) in [7, 11) is 1.33. The first kappa shape index (κ1) is 11.0. The van der Waals surface area contributed by atoms with Gasteiger partial charge in [-0.25, -0.2) is 0 Å². The highest BCUT2D eigenvalue weighted by atomic mass is 16.6. The number of hydrogen-bond acceptors (Lipinski definition) is 5. The molecule has 0 aliphatic rings. The van der Waals surface area contributed by atoms with Crippen molar-refractivity contribution in [3.05, 3.63) is 46.1 Å². The lowest BCUT2D eigenvalue weighted by molar-refractivity contribution is -0.402. The summed E-state index contributed by atoms with van der Waals surface area (Å²) in [5.41, 5.74) is 2.72. The maximum Gasteiger partial charge on any atom is 0.260 e. The van der Waals surface area contributed by atoms with E-state index < -0.39 is 4.92 Å². The highest BCUT2D eigenvalue weighted by Gasteiger charge is 2.09. The van der Waals surface area contributed by atoms with Gasteiger partial charge in [-0.15, -0.1) is 0 Å². The summed E-state index contributed by atoms with van der Waals surface area (Å²) in [6.45, 7) is 0. The Morgan fingerprint density at radius 2 is 2.27 bits per heavy atom. The summed E-state index contributed by atoms with van der Waals surface area (Å²) in [6, 6.07) is 6.24. The van der Waals surface area contributed by atoms with E-state index in [9.17, 15) is 15.2 Å². The predicted molar refractivity (Wildman–Crippen MR) is 53.2 cm³/mol. The SMILES string of the molecule is CONC(=C[N+](=O)[O-])c1ccccc1O. The monoisotopic (exact) mass is 210 g/mol. The van der Waals surface area contributed by atoms with Gasteiger partial charge in [0.1, 0.15) is 11.4 Å². The molecule has 0 amide bonds. The molecule has 6 nitrogen and oxygen atoms in total. The van der Waals surface area contributed by atoms with Crippen LogP contribution in [0.25, 0.3) is 5.70 Å². The van der Waals surface area contributed by atoms with Crippen molar-refractivity contribution in [1.82, 2.24) is 5.48 Å². The van der Waals surface area contributed by atoms with E-state index in [1.54, 1.807) is 12.1 Å². The number of nitrogens with zero attached hydrogens (tertiary/aromatic N) is 1. The van der Waals surface area contributed by atoms with E-state index in [1.165, 1.54) is 19.2 Å². The van der Waals surface area contributed by atoms with Crippen LogP contribution in [0.4, 0.5) is 0 Å². The number of phenolic OH excluding ortho intramolecular Hbond substituents is 1. The molecule has 6 heteroatoms.